The number of benzene rings is 2. The molecule has 3 rings (SSSR count). The quantitative estimate of drug-likeness (QED) is 0.814. The summed E-state index contributed by atoms with van der Waals surface area (Å²) in [6.07, 6.45) is -3.36. The van der Waals surface area contributed by atoms with E-state index in [1.807, 2.05) is 0 Å². The Kier molecular flexibility index (Phi) is 4.89. The van der Waals surface area contributed by atoms with Crippen molar-refractivity contribution in [3.63, 3.8) is 0 Å². The average Bonchev–Trinajstić information content (AvgIpc) is 2.93. The largest absolute Gasteiger partial charge is 0.497 e. The van der Waals surface area contributed by atoms with Crippen molar-refractivity contribution in [3.05, 3.63) is 71.4 Å². The minimum absolute atomic E-state index is 0.0792. The van der Waals surface area contributed by atoms with E-state index >= 15 is 0 Å². The third-order valence-electron chi connectivity index (χ3n) is 4.02. The summed E-state index contributed by atoms with van der Waals surface area (Å²) in [5.41, 5.74) is 0.173. The predicted octanol–water partition coefficient (Wildman–Crippen LogP) is 3.26. The molecule has 27 heavy (non-hydrogen) atoms. The lowest BCUT2D eigenvalue weighted by molar-refractivity contribution is -0.137. The second kappa shape index (κ2) is 7.14. The Hall–Kier alpha value is -3.29. The van der Waals surface area contributed by atoms with Gasteiger partial charge in [0.05, 0.1) is 18.4 Å². The monoisotopic (exact) mass is 376 g/mol. The molecule has 0 aliphatic carbocycles. The molecule has 0 spiro atoms. The van der Waals surface area contributed by atoms with Crippen LogP contribution in [0, 0.1) is 0 Å². The topological polar surface area (TPSA) is 58.6 Å². The molecule has 8 heteroatoms. The van der Waals surface area contributed by atoms with Crippen molar-refractivity contribution < 1.29 is 27.5 Å². The molecule has 1 heterocycles. The number of alkyl halides is 3. The summed E-state index contributed by atoms with van der Waals surface area (Å²) in [5, 5.41) is 2.88. The smallest absolute Gasteiger partial charge is 0.416 e. The van der Waals surface area contributed by atoms with Gasteiger partial charge in [0, 0.05) is 12.6 Å². The fourth-order valence-electron chi connectivity index (χ4n) is 2.58. The zero-order valence-corrected chi connectivity index (χ0v) is 14.2. The van der Waals surface area contributed by atoms with Gasteiger partial charge in [-0.25, -0.2) is 4.90 Å². The Morgan fingerprint density at radius 3 is 2.19 bits per heavy atom. The number of hydrogen-bond donors (Lipinski definition) is 1. The Morgan fingerprint density at radius 2 is 1.63 bits per heavy atom. The average molecular weight is 376 g/mol. The molecular formula is C19H15F3N2O3. The van der Waals surface area contributed by atoms with Gasteiger partial charge in [0.1, 0.15) is 11.4 Å². The number of halogens is 3. The number of imide groups is 1. The van der Waals surface area contributed by atoms with Crippen LogP contribution >= 0.6 is 0 Å². The maximum Gasteiger partial charge on any atom is 0.416 e. The SMILES string of the molecule is COc1ccc(CNC2=CC(=O)N(c3ccc(C(F)(F)F)cc3)C2=O)cc1. The maximum absolute atomic E-state index is 12.6. The summed E-state index contributed by atoms with van der Waals surface area (Å²) >= 11 is 0. The number of carbonyl (C=O) groups is 2. The minimum Gasteiger partial charge on any atom is -0.497 e. The Morgan fingerprint density at radius 1 is 1.00 bits per heavy atom. The highest BCUT2D eigenvalue weighted by Crippen LogP contribution is 2.31. The molecule has 0 atom stereocenters. The predicted molar refractivity (Wildman–Crippen MR) is 91.9 cm³/mol. The molecule has 0 radical (unpaired) electrons. The van der Waals surface area contributed by atoms with Crippen LogP contribution in [-0.4, -0.2) is 18.9 Å². The number of nitrogens with zero attached hydrogens (tertiary/aromatic N) is 1. The first-order valence-corrected chi connectivity index (χ1v) is 7.94. The van der Waals surface area contributed by atoms with E-state index in [9.17, 15) is 22.8 Å². The number of amides is 2. The van der Waals surface area contributed by atoms with Crippen LogP contribution in [0.3, 0.4) is 0 Å². The number of hydrogen-bond acceptors (Lipinski definition) is 4. The van der Waals surface area contributed by atoms with Crippen LogP contribution in [0.15, 0.2) is 60.3 Å². The number of carbonyl (C=O) groups excluding carboxylic acids is 2. The molecule has 0 saturated heterocycles. The van der Waals surface area contributed by atoms with Gasteiger partial charge in [-0.15, -0.1) is 0 Å². The summed E-state index contributed by atoms with van der Waals surface area (Å²) in [6.45, 7) is 0.301. The van der Waals surface area contributed by atoms with Gasteiger partial charge in [0.25, 0.3) is 11.8 Å². The van der Waals surface area contributed by atoms with E-state index in [2.05, 4.69) is 5.32 Å². The molecule has 0 fully saturated rings. The summed E-state index contributed by atoms with van der Waals surface area (Å²) in [4.78, 5) is 25.4. The number of nitrogens with one attached hydrogen (secondary N) is 1. The normalized spacial score (nSPS) is 14.4. The molecule has 5 nitrogen and oxygen atoms in total. The highest BCUT2D eigenvalue weighted by molar-refractivity contribution is 6.30. The number of ether oxygens (including phenoxy) is 1. The fraction of sp³-hybridized carbons (Fsp3) is 0.158. The zero-order chi connectivity index (χ0) is 19.6. The molecule has 1 aliphatic heterocycles. The summed E-state index contributed by atoms with van der Waals surface area (Å²) in [5.74, 6) is -0.538. The van der Waals surface area contributed by atoms with Crippen LogP contribution < -0.4 is 15.0 Å². The van der Waals surface area contributed by atoms with Gasteiger partial charge in [0.15, 0.2) is 0 Å². The second-order valence-corrected chi connectivity index (χ2v) is 5.78. The van der Waals surface area contributed by atoms with Gasteiger partial charge in [-0.3, -0.25) is 9.59 Å². The van der Waals surface area contributed by atoms with Crippen LogP contribution in [0.1, 0.15) is 11.1 Å². The van der Waals surface area contributed by atoms with E-state index in [0.717, 1.165) is 40.8 Å². The third kappa shape index (κ3) is 3.94. The molecule has 2 amide bonds. The van der Waals surface area contributed by atoms with Crippen LogP contribution in [0.4, 0.5) is 18.9 Å². The van der Waals surface area contributed by atoms with Gasteiger partial charge in [-0.05, 0) is 42.0 Å². The molecule has 0 bridgehead atoms. The van der Waals surface area contributed by atoms with Crippen molar-refractivity contribution in [1.29, 1.82) is 0 Å². The van der Waals surface area contributed by atoms with Crippen molar-refractivity contribution in [3.8, 4) is 5.75 Å². The first-order valence-electron chi connectivity index (χ1n) is 7.94. The van der Waals surface area contributed by atoms with Gasteiger partial charge in [-0.1, -0.05) is 12.1 Å². The lowest BCUT2D eigenvalue weighted by Gasteiger charge is -2.16. The third-order valence-corrected chi connectivity index (χ3v) is 4.02. The van der Waals surface area contributed by atoms with E-state index < -0.39 is 23.6 Å². The summed E-state index contributed by atoms with van der Waals surface area (Å²) in [6, 6.07) is 11.0. The number of rotatable bonds is 5. The summed E-state index contributed by atoms with van der Waals surface area (Å²) in [7, 11) is 1.55. The van der Waals surface area contributed by atoms with Crippen LogP contribution in [0.5, 0.6) is 5.75 Å². The van der Waals surface area contributed by atoms with Crippen LogP contribution in [0.25, 0.3) is 0 Å². The van der Waals surface area contributed by atoms with E-state index in [1.54, 1.807) is 31.4 Å². The number of anilines is 1. The van der Waals surface area contributed by atoms with Crippen molar-refractivity contribution in [2.45, 2.75) is 12.7 Å². The fourth-order valence-corrected chi connectivity index (χ4v) is 2.58. The highest BCUT2D eigenvalue weighted by Gasteiger charge is 2.34. The van der Waals surface area contributed by atoms with E-state index in [4.69, 9.17) is 4.74 Å². The van der Waals surface area contributed by atoms with Gasteiger partial charge in [-0.2, -0.15) is 13.2 Å². The van der Waals surface area contributed by atoms with Crippen molar-refractivity contribution in [2.24, 2.45) is 0 Å². The highest BCUT2D eigenvalue weighted by atomic mass is 19.4. The molecule has 1 aliphatic rings. The van der Waals surface area contributed by atoms with E-state index in [-0.39, 0.29) is 11.4 Å². The van der Waals surface area contributed by atoms with Crippen molar-refractivity contribution in [1.82, 2.24) is 5.32 Å². The van der Waals surface area contributed by atoms with E-state index in [1.165, 1.54) is 0 Å². The molecule has 0 saturated carbocycles. The molecule has 2 aromatic rings. The van der Waals surface area contributed by atoms with Crippen LogP contribution in [-0.2, 0) is 22.3 Å². The van der Waals surface area contributed by atoms with E-state index in [0.29, 0.717) is 12.3 Å². The van der Waals surface area contributed by atoms with Gasteiger partial charge >= 0.3 is 6.18 Å². The molecule has 1 N–H and O–H groups in total. The lowest BCUT2D eigenvalue weighted by Crippen LogP contribution is -2.33. The van der Waals surface area contributed by atoms with Gasteiger partial charge < -0.3 is 10.1 Å². The second-order valence-electron chi connectivity index (χ2n) is 5.78. The number of methoxy groups -OCH3 is 1. The Balaban J connectivity index is 1.69. The molecule has 2 aromatic carbocycles. The first-order chi connectivity index (χ1) is 12.8. The van der Waals surface area contributed by atoms with Crippen LogP contribution in [0.2, 0.25) is 0 Å². The Labute approximate surface area is 153 Å². The standard InChI is InChI=1S/C19H15F3N2O3/c1-27-15-8-2-12(3-9-15)11-23-16-10-17(25)24(18(16)26)14-6-4-13(5-7-14)19(20,21)22/h2-10,23H,11H2,1H3. The maximum atomic E-state index is 12.6. The van der Waals surface area contributed by atoms with Gasteiger partial charge in [0.2, 0.25) is 0 Å². The minimum atomic E-state index is -4.49. The molecule has 0 aromatic heterocycles. The summed E-state index contributed by atoms with van der Waals surface area (Å²) < 4.78 is 43.0. The lowest BCUT2D eigenvalue weighted by atomic mass is 10.2. The molecular weight excluding hydrogens is 361 g/mol. The molecule has 0 unspecified atom stereocenters. The first kappa shape index (κ1) is 18.5. The Bertz CT molecular complexity index is 888. The van der Waals surface area contributed by atoms with Crippen molar-refractivity contribution >= 4 is 17.5 Å². The van der Waals surface area contributed by atoms with Crippen molar-refractivity contribution in [2.75, 3.05) is 12.0 Å². The molecule has 140 valence electrons. The zero-order valence-electron chi connectivity index (χ0n) is 14.2.